The van der Waals surface area contributed by atoms with Crippen LogP contribution in [0.4, 0.5) is 0 Å². The maximum absolute atomic E-state index is 0. The summed E-state index contributed by atoms with van der Waals surface area (Å²) < 4.78 is 0. The zero-order valence-electron chi connectivity index (χ0n) is 2.89. The summed E-state index contributed by atoms with van der Waals surface area (Å²) in [6.07, 6.45) is 0. The summed E-state index contributed by atoms with van der Waals surface area (Å²) >= 11 is 0. The number of hydrogen-bond donors (Lipinski definition) is 2. The number of hydrogen-bond acceptors (Lipinski definition) is 1. The van der Waals surface area contributed by atoms with Crippen LogP contribution in [0, 0.1) is 0 Å². The van der Waals surface area contributed by atoms with Crippen LogP contribution in [0.3, 0.4) is 0 Å². The molecule has 5 heavy (non-hydrogen) atoms. The third-order valence-electron chi connectivity index (χ3n) is 0. The molecule has 0 saturated heterocycles. The van der Waals surface area contributed by atoms with Gasteiger partial charge in [-0.05, 0) is 0 Å². The van der Waals surface area contributed by atoms with E-state index < -0.39 is 0 Å². The molecule has 0 fully saturated rings. The summed E-state index contributed by atoms with van der Waals surface area (Å²) in [7, 11) is 0. The minimum atomic E-state index is 0. The molecule has 0 unspecified atom stereocenters. The van der Waals surface area contributed by atoms with Crippen LogP contribution in [0.1, 0.15) is 0 Å². The molecule has 9 N–H and O–H groups in total. The zero-order valence-corrected chi connectivity index (χ0v) is 4.58. The number of quaternary nitrogens is 1. The Hall–Kier alpha value is 0.689. The van der Waals surface area contributed by atoms with Crippen molar-refractivity contribution in [1.29, 1.82) is 0 Å². The minimum Gasteiger partial charge on any atom is -1.00 e. The minimum absolute atomic E-state index is 0. The van der Waals surface area contributed by atoms with Gasteiger partial charge in [0.1, 0.15) is 0 Å². The van der Waals surface area contributed by atoms with E-state index in [1.807, 2.05) is 0 Å². The third kappa shape index (κ3) is 71.4. The smallest absolute Gasteiger partial charge is 0 e. The van der Waals surface area contributed by atoms with Crippen molar-refractivity contribution in [1.82, 2.24) is 12.3 Å². The first kappa shape index (κ1) is 263. The second-order valence-electron chi connectivity index (χ2n) is 0. The topological polar surface area (TPSA) is 103 Å². The van der Waals surface area contributed by atoms with Gasteiger partial charge < -0.3 is 30.2 Å². The molecule has 0 aliphatic heterocycles. The fraction of sp³-hybridized carbons (Fsp3) is 0. The molecule has 5 heteroatoms. The molecule has 0 atom stereocenters. The third-order valence-corrected chi connectivity index (χ3v) is 0. The quantitative estimate of drug-likeness (QED) is 0.349. The number of rotatable bonds is 0. The van der Waals surface area contributed by atoms with Crippen LogP contribution < -0.4 is 24.7 Å². The summed E-state index contributed by atoms with van der Waals surface area (Å²) in [6, 6.07) is 0. The van der Waals surface area contributed by atoms with E-state index in [-0.39, 0.29) is 47.3 Å². The van der Waals surface area contributed by atoms with Gasteiger partial charge in [-0.1, -0.05) is 0 Å². The van der Waals surface area contributed by atoms with Crippen molar-refractivity contribution in [2.75, 3.05) is 0 Å². The molecule has 0 rings (SSSR count). The predicted octanol–water partition coefficient (Wildman–Crippen LogP) is -3.29. The van der Waals surface area contributed by atoms with Crippen molar-refractivity contribution in [3.8, 4) is 0 Å². The Morgan fingerprint density at radius 3 is 1.00 bits per heavy atom. The first-order valence-electron chi connectivity index (χ1n) is 0. The predicted molar refractivity (Wildman–Crippen MR) is 14.6 cm³/mol. The van der Waals surface area contributed by atoms with Crippen LogP contribution in [-0.4, -0.2) is 5.48 Å². The van der Waals surface area contributed by atoms with Gasteiger partial charge in [0.15, 0.2) is 0 Å². The van der Waals surface area contributed by atoms with Crippen molar-refractivity contribution in [3.63, 3.8) is 0 Å². The molecule has 0 bridgehead atoms. The molecule has 0 saturated carbocycles. The van der Waals surface area contributed by atoms with Crippen LogP contribution in [-0.2, 0) is 17.1 Å². The van der Waals surface area contributed by atoms with Crippen molar-refractivity contribution < 1.29 is 35.0 Å². The van der Waals surface area contributed by atoms with E-state index >= 15 is 0 Å². The molecule has 0 aromatic heterocycles. The van der Waals surface area contributed by atoms with E-state index in [0.717, 1.165) is 0 Å². The molecular weight excluding hydrogens is 143 g/mol. The van der Waals surface area contributed by atoms with E-state index in [1.54, 1.807) is 0 Å². The SMILES string of the molecule is N.O.[Cl-].[Cu].[NH4+]. The van der Waals surface area contributed by atoms with Crippen LogP contribution in [0.2, 0.25) is 0 Å². The maximum atomic E-state index is 0. The van der Waals surface area contributed by atoms with Crippen LogP contribution in [0.5, 0.6) is 0 Å². The van der Waals surface area contributed by atoms with Gasteiger partial charge in [0.25, 0.3) is 0 Å². The van der Waals surface area contributed by atoms with Gasteiger partial charge >= 0.3 is 0 Å². The van der Waals surface area contributed by atoms with E-state index in [4.69, 9.17) is 0 Å². The molecule has 1 radical (unpaired) electrons. The van der Waals surface area contributed by atoms with E-state index in [9.17, 15) is 0 Å². The van der Waals surface area contributed by atoms with Crippen molar-refractivity contribution in [2.45, 2.75) is 0 Å². The van der Waals surface area contributed by atoms with Crippen molar-refractivity contribution in [3.05, 3.63) is 0 Å². The van der Waals surface area contributed by atoms with Gasteiger partial charge in [-0.25, -0.2) is 0 Å². The Bertz CT molecular complexity index is 9.61. The summed E-state index contributed by atoms with van der Waals surface area (Å²) in [5.41, 5.74) is 0. The van der Waals surface area contributed by atoms with E-state index in [2.05, 4.69) is 0 Å². The Morgan fingerprint density at radius 1 is 1.00 bits per heavy atom. The van der Waals surface area contributed by atoms with Gasteiger partial charge in [0.2, 0.25) is 0 Å². The average Bonchev–Trinajstić information content (AvgIpc) is 0. The fourth-order valence-corrected chi connectivity index (χ4v) is 0. The Labute approximate surface area is 47.9 Å². The zero-order chi connectivity index (χ0) is 0. The Balaban J connectivity index is 0. The average molecular weight is 152 g/mol. The van der Waals surface area contributed by atoms with Crippen LogP contribution in [0.15, 0.2) is 0 Å². The second kappa shape index (κ2) is 134. The molecule has 43 valence electrons. The van der Waals surface area contributed by atoms with E-state index in [0.29, 0.717) is 0 Å². The second-order valence-corrected chi connectivity index (χ2v) is 0. The van der Waals surface area contributed by atoms with Gasteiger partial charge in [-0.2, -0.15) is 0 Å². The summed E-state index contributed by atoms with van der Waals surface area (Å²) in [4.78, 5) is 0. The molecule has 3 nitrogen and oxygen atoms in total. The molecule has 0 aliphatic rings. The Kier molecular flexibility index (Phi) is 7070. The monoisotopic (exact) mass is 151 g/mol. The fourth-order valence-electron chi connectivity index (χ4n) is 0. The first-order valence-corrected chi connectivity index (χ1v) is 0. The van der Waals surface area contributed by atoms with Crippen LogP contribution in [0.25, 0.3) is 0 Å². The molecule has 0 aliphatic carbocycles. The first-order chi connectivity index (χ1) is 0. The molecular formula is H9ClCuN2O. The van der Waals surface area contributed by atoms with Gasteiger partial charge in [0, 0.05) is 17.1 Å². The molecule has 0 aromatic rings. The van der Waals surface area contributed by atoms with Crippen molar-refractivity contribution in [2.24, 2.45) is 0 Å². The van der Waals surface area contributed by atoms with Gasteiger partial charge in [-0.15, -0.1) is 0 Å². The van der Waals surface area contributed by atoms with Crippen LogP contribution >= 0.6 is 0 Å². The summed E-state index contributed by atoms with van der Waals surface area (Å²) in [6.45, 7) is 0. The van der Waals surface area contributed by atoms with Crippen molar-refractivity contribution >= 4 is 0 Å². The molecule has 0 spiro atoms. The molecule has 0 heterocycles. The summed E-state index contributed by atoms with van der Waals surface area (Å²) in [5.74, 6) is 0. The largest absolute Gasteiger partial charge is 1.00 e. The normalized spacial score (nSPS) is 0. The maximum Gasteiger partial charge on any atom is 0 e. The Morgan fingerprint density at radius 2 is 1.00 bits per heavy atom. The summed E-state index contributed by atoms with van der Waals surface area (Å²) in [5, 5.41) is 0. The molecule has 0 aromatic carbocycles. The van der Waals surface area contributed by atoms with E-state index in [1.165, 1.54) is 0 Å². The standard InChI is InChI=1S/ClH.Cu.2H3N.H2O/h1H;;2*1H3;1H2. The van der Waals surface area contributed by atoms with Gasteiger partial charge in [0.05, 0.1) is 0 Å². The molecule has 0 amide bonds. The van der Waals surface area contributed by atoms with Gasteiger partial charge in [-0.3, -0.25) is 0 Å². The number of halogens is 1.